The van der Waals surface area contributed by atoms with E-state index in [4.69, 9.17) is 5.73 Å². The van der Waals surface area contributed by atoms with Gasteiger partial charge in [0.1, 0.15) is 0 Å². The van der Waals surface area contributed by atoms with Gasteiger partial charge in [-0.05, 0) is 23.6 Å². The van der Waals surface area contributed by atoms with E-state index < -0.39 is 17.8 Å². The molecule has 3 nitrogen and oxygen atoms in total. The zero-order valence-electron chi connectivity index (χ0n) is 11.7. The Bertz CT molecular complexity index is 454. The van der Waals surface area contributed by atoms with Crippen molar-refractivity contribution in [2.45, 2.75) is 32.6 Å². The fourth-order valence-corrected chi connectivity index (χ4v) is 1.69. The highest BCUT2D eigenvalue weighted by molar-refractivity contribution is 5.81. The average molecular weight is 288 g/mol. The number of halogens is 3. The van der Waals surface area contributed by atoms with Gasteiger partial charge in [0, 0.05) is 13.6 Å². The Labute approximate surface area is 116 Å². The van der Waals surface area contributed by atoms with Crippen LogP contribution >= 0.6 is 0 Å². The predicted molar refractivity (Wildman–Crippen MR) is 70.7 cm³/mol. The van der Waals surface area contributed by atoms with Crippen LogP contribution in [0.5, 0.6) is 0 Å². The van der Waals surface area contributed by atoms with Crippen molar-refractivity contribution in [3.8, 4) is 0 Å². The number of nitrogens with two attached hydrogens (primary N) is 1. The van der Waals surface area contributed by atoms with Gasteiger partial charge in [0.2, 0.25) is 5.91 Å². The normalized spacial score (nSPS) is 13.4. The van der Waals surface area contributed by atoms with Crippen LogP contribution in [0.25, 0.3) is 0 Å². The average Bonchev–Trinajstić information content (AvgIpc) is 2.36. The lowest BCUT2D eigenvalue weighted by molar-refractivity contribution is -0.137. The maximum Gasteiger partial charge on any atom is 0.416 e. The molecule has 1 atom stereocenters. The van der Waals surface area contributed by atoms with E-state index in [2.05, 4.69) is 0 Å². The number of likely N-dealkylation sites (N-methyl/N-ethyl adjacent to an activating group) is 1. The van der Waals surface area contributed by atoms with Crippen LogP contribution in [0, 0.1) is 5.92 Å². The van der Waals surface area contributed by atoms with Crippen LogP contribution in [0.1, 0.15) is 25.0 Å². The first-order valence-electron chi connectivity index (χ1n) is 6.29. The molecule has 0 spiro atoms. The van der Waals surface area contributed by atoms with Gasteiger partial charge in [0.15, 0.2) is 0 Å². The van der Waals surface area contributed by atoms with Crippen LogP contribution in [0.2, 0.25) is 0 Å². The first-order valence-corrected chi connectivity index (χ1v) is 6.29. The Hall–Kier alpha value is -1.56. The second-order valence-electron chi connectivity index (χ2n) is 5.16. The summed E-state index contributed by atoms with van der Waals surface area (Å²) in [5, 5.41) is 0. The molecule has 0 radical (unpaired) electrons. The first kappa shape index (κ1) is 16.5. The second kappa shape index (κ2) is 6.26. The number of benzene rings is 1. The molecule has 0 unspecified atom stereocenters. The molecule has 0 fully saturated rings. The Balaban J connectivity index is 2.72. The van der Waals surface area contributed by atoms with Gasteiger partial charge >= 0.3 is 6.18 Å². The summed E-state index contributed by atoms with van der Waals surface area (Å²) >= 11 is 0. The van der Waals surface area contributed by atoms with Gasteiger partial charge in [-0.2, -0.15) is 13.2 Å². The molecule has 0 aromatic heterocycles. The zero-order chi connectivity index (χ0) is 15.5. The zero-order valence-corrected chi connectivity index (χ0v) is 11.7. The summed E-state index contributed by atoms with van der Waals surface area (Å²) in [7, 11) is 1.59. The molecule has 0 heterocycles. The topological polar surface area (TPSA) is 46.3 Å². The van der Waals surface area contributed by atoms with E-state index in [-0.39, 0.29) is 18.4 Å². The van der Waals surface area contributed by atoms with Crippen molar-refractivity contribution in [2.24, 2.45) is 11.7 Å². The highest BCUT2D eigenvalue weighted by Crippen LogP contribution is 2.29. The summed E-state index contributed by atoms with van der Waals surface area (Å²) in [4.78, 5) is 13.4. The third-order valence-corrected chi connectivity index (χ3v) is 3.08. The largest absolute Gasteiger partial charge is 0.416 e. The molecule has 1 aromatic rings. The van der Waals surface area contributed by atoms with Crippen LogP contribution in [0.4, 0.5) is 13.2 Å². The SMILES string of the molecule is CC(C)[C@H](N)C(=O)N(C)Cc1ccc(C(F)(F)F)cc1. The number of hydrogen-bond donors (Lipinski definition) is 1. The summed E-state index contributed by atoms with van der Waals surface area (Å²) in [6.07, 6.45) is -4.35. The van der Waals surface area contributed by atoms with Crippen molar-refractivity contribution >= 4 is 5.91 Å². The number of carbonyl (C=O) groups excluding carboxylic acids is 1. The van der Waals surface area contributed by atoms with Crippen molar-refractivity contribution in [3.05, 3.63) is 35.4 Å². The van der Waals surface area contributed by atoms with Crippen LogP contribution in [-0.4, -0.2) is 23.9 Å². The van der Waals surface area contributed by atoms with Gasteiger partial charge in [-0.15, -0.1) is 0 Å². The van der Waals surface area contributed by atoms with E-state index in [1.54, 1.807) is 7.05 Å². The lowest BCUT2D eigenvalue weighted by Crippen LogP contribution is -2.44. The number of rotatable bonds is 4. The van der Waals surface area contributed by atoms with Crippen molar-refractivity contribution in [2.75, 3.05) is 7.05 Å². The molecular formula is C14H19F3N2O. The minimum absolute atomic E-state index is 0.0116. The molecule has 0 aliphatic carbocycles. The summed E-state index contributed by atoms with van der Waals surface area (Å²) < 4.78 is 37.3. The molecule has 0 saturated carbocycles. The van der Waals surface area contributed by atoms with Gasteiger partial charge < -0.3 is 10.6 Å². The minimum atomic E-state index is -4.35. The van der Waals surface area contributed by atoms with E-state index in [1.165, 1.54) is 17.0 Å². The van der Waals surface area contributed by atoms with Gasteiger partial charge in [0.05, 0.1) is 11.6 Å². The van der Waals surface area contributed by atoms with E-state index >= 15 is 0 Å². The molecule has 1 aromatic carbocycles. The molecule has 1 amide bonds. The number of nitrogens with zero attached hydrogens (tertiary/aromatic N) is 1. The highest BCUT2D eigenvalue weighted by atomic mass is 19.4. The summed E-state index contributed by atoms with van der Waals surface area (Å²) in [5.41, 5.74) is 5.69. The van der Waals surface area contributed by atoms with Gasteiger partial charge in [-0.3, -0.25) is 4.79 Å². The van der Waals surface area contributed by atoms with Crippen molar-refractivity contribution in [1.29, 1.82) is 0 Å². The maximum atomic E-state index is 12.4. The van der Waals surface area contributed by atoms with E-state index in [9.17, 15) is 18.0 Å². The van der Waals surface area contributed by atoms with Gasteiger partial charge in [0.25, 0.3) is 0 Å². The monoisotopic (exact) mass is 288 g/mol. The lowest BCUT2D eigenvalue weighted by atomic mass is 10.0. The van der Waals surface area contributed by atoms with Crippen molar-refractivity contribution < 1.29 is 18.0 Å². The molecule has 1 rings (SSSR count). The molecule has 6 heteroatoms. The number of alkyl halides is 3. The summed E-state index contributed by atoms with van der Waals surface area (Å²) in [6, 6.07) is 4.15. The van der Waals surface area contributed by atoms with E-state index in [1.807, 2.05) is 13.8 Å². The molecule has 0 aliphatic heterocycles. The van der Waals surface area contributed by atoms with E-state index in [0.29, 0.717) is 5.56 Å². The molecule has 2 N–H and O–H groups in total. The number of amides is 1. The van der Waals surface area contributed by atoms with Crippen LogP contribution in [0.3, 0.4) is 0 Å². The number of carbonyl (C=O) groups is 1. The van der Waals surface area contributed by atoms with Crippen LogP contribution in [0.15, 0.2) is 24.3 Å². The maximum absolute atomic E-state index is 12.4. The fourth-order valence-electron chi connectivity index (χ4n) is 1.69. The Morgan fingerprint density at radius 3 is 2.15 bits per heavy atom. The Morgan fingerprint density at radius 2 is 1.75 bits per heavy atom. The highest BCUT2D eigenvalue weighted by Gasteiger charge is 2.30. The Kier molecular flexibility index (Phi) is 5.16. The quantitative estimate of drug-likeness (QED) is 0.926. The third-order valence-electron chi connectivity index (χ3n) is 3.08. The van der Waals surface area contributed by atoms with Gasteiger partial charge in [-0.1, -0.05) is 26.0 Å². The van der Waals surface area contributed by atoms with Crippen molar-refractivity contribution in [3.63, 3.8) is 0 Å². The predicted octanol–water partition coefficient (Wildman–Crippen LogP) is 2.65. The minimum Gasteiger partial charge on any atom is -0.340 e. The van der Waals surface area contributed by atoms with Crippen LogP contribution < -0.4 is 5.73 Å². The van der Waals surface area contributed by atoms with E-state index in [0.717, 1.165) is 12.1 Å². The first-order chi connectivity index (χ1) is 9.12. The fraction of sp³-hybridized carbons (Fsp3) is 0.500. The lowest BCUT2D eigenvalue weighted by Gasteiger charge is -2.23. The number of hydrogen-bond acceptors (Lipinski definition) is 2. The smallest absolute Gasteiger partial charge is 0.340 e. The third kappa shape index (κ3) is 4.23. The molecule has 0 saturated heterocycles. The summed E-state index contributed by atoms with van der Waals surface area (Å²) in [5.74, 6) is -0.211. The molecule has 0 bridgehead atoms. The Morgan fingerprint density at radius 1 is 1.25 bits per heavy atom. The van der Waals surface area contributed by atoms with Crippen LogP contribution in [-0.2, 0) is 17.5 Å². The molecule has 20 heavy (non-hydrogen) atoms. The standard InChI is InChI=1S/C14H19F3N2O/c1-9(2)12(18)13(20)19(3)8-10-4-6-11(7-5-10)14(15,16)17/h4-7,9,12H,8,18H2,1-3H3/t12-/m0/s1. The summed E-state index contributed by atoms with van der Waals surface area (Å²) in [6.45, 7) is 3.92. The van der Waals surface area contributed by atoms with Gasteiger partial charge in [-0.25, -0.2) is 0 Å². The van der Waals surface area contributed by atoms with Crippen molar-refractivity contribution in [1.82, 2.24) is 4.90 Å². The molecular weight excluding hydrogens is 269 g/mol. The second-order valence-corrected chi connectivity index (χ2v) is 5.16. The molecule has 112 valence electrons. The molecule has 0 aliphatic rings.